The number of hydrogen-bond acceptors (Lipinski definition) is 4. The van der Waals surface area contributed by atoms with Crippen LogP contribution in [0.2, 0.25) is 0 Å². The highest BCUT2D eigenvalue weighted by Gasteiger charge is 2.20. The minimum Gasteiger partial charge on any atom is -0.494 e. The van der Waals surface area contributed by atoms with Gasteiger partial charge in [-0.15, -0.1) is 0 Å². The number of ether oxygens (including phenoxy) is 1. The van der Waals surface area contributed by atoms with E-state index >= 15 is 0 Å². The maximum absolute atomic E-state index is 13.2. The van der Waals surface area contributed by atoms with Gasteiger partial charge in [0.05, 0.1) is 13.2 Å². The Labute approximate surface area is 159 Å². The van der Waals surface area contributed by atoms with Crippen LogP contribution in [0.4, 0.5) is 10.1 Å². The number of amides is 1. The Morgan fingerprint density at radius 2 is 1.81 bits per heavy atom. The Hall–Kier alpha value is -2.44. The molecule has 0 radical (unpaired) electrons. The first kappa shape index (κ1) is 19.3. The Balaban J connectivity index is 1.45. The lowest BCUT2D eigenvalue weighted by molar-refractivity contribution is -0.117. The average molecular weight is 371 g/mol. The maximum atomic E-state index is 13.2. The van der Waals surface area contributed by atoms with Crippen molar-refractivity contribution in [3.8, 4) is 5.75 Å². The summed E-state index contributed by atoms with van der Waals surface area (Å²) in [6.07, 6.45) is 0. The third kappa shape index (κ3) is 5.77. The first-order chi connectivity index (χ1) is 13.1. The van der Waals surface area contributed by atoms with Crippen LogP contribution in [0.1, 0.15) is 12.5 Å². The number of halogens is 1. The third-order valence-electron chi connectivity index (χ3n) is 4.61. The third-order valence-corrected chi connectivity index (χ3v) is 4.61. The van der Waals surface area contributed by atoms with E-state index in [-0.39, 0.29) is 11.7 Å². The molecule has 144 valence electrons. The number of nitrogens with zero attached hydrogens (tertiary/aromatic N) is 2. The van der Waals surface area contributed by atoms with Gasteiger partial charge in [-0.05, 0) is 31.2 Å². The van der Waals surface area contributed by atoms with Crippen molar-refractivity contribution in [3.63, 3.8) is 0 Å². The van der Waals surface area contributed by atoms with Crippen LogP contribution in [0.15, 0.2) is 48.5 Å². The van der Waals surface area contributed by atoms with Crippen LogP contribution in [-0.4, -0.2) is 55.0 Å². The van der Waals surface area contributed by atoms with Gasteiger partial charge in [0, 0.05) is 44.0 Å². The van der Waals surface area contributed by atoms with Crippen LogP contribution in [0.5, 0.6) is 5.75 Å². The number of benzene rings is 2. The highest BCUT2D eigenvalue weighted by molar-refractivity contribution is 5.92. The molecular formula is C21H26FN3O2. The quantitative estimate of drug-likeness (QED) is 0.813. The zero-order chi connectivity index (χ0) is 19.1. The predicted molar refractivity (Wildman–Crippen MR) is 104 cm³/mol. The predicted octanol–water partition coefficient (Wildman–Crippen LogP) is 2.98. The summed E-state index contributed by atoms with van der Waals surface area (Å²) in [5.41, 5.74) is 1.68. The summed E-state index contributed by atoms with van der Waals surface area (Å²) in [6.45, 7) is 7.26. The van der Waals surface area contributed by atoms with Crippen molar-refractivity contribution in [2.75, 3.05) is 44.6 Å². The normalized spacial score (nSPS) is 15.5. The Morgan fingerprint density at radius 3 is 2.56 bits per heavy atom. The fourth-order valence-corrected chi connectivity index (χ4v) is 3.25. The van der Waals surface area contributed by atoms with E-state index in [1.54, 1.807) is 12.1 Å². The molecule has 0 bridgehead atoms. The van der Waals surface area contributed by atoms with Gasteiger partial charge in [0.2, 0.25) is 5.91 Å². The van der Waals surface area contributed by atoms with Gasteiger partial charge in [-0.2, -0.15) is 0 Å². The highest BCUT2D eigenvalue weighted by Crippen LogP contribution is 2.20. The topological polar surface area (TPSA) is 44.8 Å². The van der Waals surface area contributed by atoms with Crippen molar-refractivity contribution in [2.24, 2.45) is 0 Å². The number of carbonyl (C=O) groups is 1. The largest absolute Gasteiger partial charge is 0.494 e. The van der Waals surface area contributed by atoms with Crippen molar-refractivity contribution < 1.29 is 13.9 Å². The van der Waals surface area contributed by atoms with Gasteiger partial charge in [0.15, 0.2) is 0 Å². The minimum atomic E-state index is -0.353. The van der Waals surface area contributed by atoms with E-state index in [4.69, 9.17) is 4.74 Å². The van der Waals surface area contributed by atoms with Gasteiger partial charge in [0.25, 0.3) is 0 Å². The summed E-state index contributed by atoms with van der Waals surface area (Å²) in [5, 5.41) is 2.75. The van der Waals surface area contributed by atoms with E-state index in [9.17, 15) is 9.18 Å². The van der Waals surface area contributed by atoms with E-state index in [0.29, 0.717) is 18.8 Å². The standard InChI is InChI=1S/C21H26FN3O2/c1-2-27-20-9-4-3-6-17(20)15-24-10-12-25(13-11-24)16-21(26)23-19-8-5-7-18(22)14-19/h3-9,14H,2,10-13,15-16H2,1H3,(H,23,26). The lowest BCUT2D eigenvalue weighted by atomic mass is 10.1. The summed E-state index contributed by atoms with van der Waals surface area (Å²) in [7, 11) is 0. The molecule has 1 aliphatic rings. The maximum Gasteiger partial charge on any atom is 0.238 e. The summed E-state index contributed by atoms with van der Waals surface area (Å²) >= 11 is 0. The zero-order valence-electron chi connectivity index (χ0n) is 15.7. The molecule has 2 aromatic rings. The molecule has 27 heavy (non-hydrogen) atoms. The Bertz CT molecular complexity index is 761. The first-order valence-electron chi connectivity index (χ1n) is 9.35. The molecule has 0 unspecified atom stereocenters. The first-order valence-corrected chi connectivity index (χ1v) is 9.35. The molecule has 1 saturated heterocycles. The molecule has 1 N–H and O–H groups in total. The molecule has 1 heterocycles. The minimum absolute atomic E-state index is 0.115. The summed E-state index contributed by atoms with van der Waals surface area (Å²) in [6, 6.07) is 14.1. The van der Waals surface area contributed by atoms with Gasteiger partial charge in [-0.3, -0.25) is 14.6 Å². The number of piperazine rings is 1. The number of hydrogen-bond donors (Lipinski definition) is 1. The monoisotopic (exact) mass is 371 g/mol. The van der Waals surface area contributed by atoms with Crippen LogP contribution >= 0.6 is 0 Å². The Kier molecular flexibility index (Phi) is 6.79. The molecule has 6 heteroatoms. The van der Waals surface area contributed by atoms with Gasteiger partial charge in [-0.1, -0.05) is 24.3 Å². The highest BCUT2D eigenvalue weighted by atomic mass is 19.1. The number of anilines is 1. The number of rotatable bonds is 7. The Morgan fingerprint density at radius 1 is 1.07 bits per heavy atom. The second-order valence-corrected chi connectivity index (χ2v) is 6.65. The molecule has 2 aromatic carbocycles. The smallest absolute Gasteiger partial charge is 0.238 e. The molecule has 0 saturated carbocycles. The number of nitrogens with one attached hydrogen (secondary N) is 1. The van der Waals surface area contributed by atoms with Crippen LogP contribution in [0.3, 0.4) is 0 Å². The van der Waals surface area contributed by atoms with Gasteiger partial charge in [-0.25, -0.2) is 4.39 Å². The second kappa shape index (κ2) is 9.48. The summed E-state index contributed by atoms with van der Waals surface area (Å²) < 4.78 is 18.9. The van der Waals surface area contributed by atoms with E-state index in [1.165, 1.54) is 17.7 Å². The summed E-state index contributed by atoms with van der Waals surface area (Å²) in [4.78, 5) is 16.7. The molecule has 0 spiro atoms. The SMILES string of the molecule is CCOc1ccccc1CN1CCN(CC(=O)Nc2cccc(F)c2)CC1. The lowest BCUT2D eigenvalue weighted by Crippen LogP contribution is -2.48. The van der Waals surface area contributed by atoms with Crippen molar-refractivity contribution in [3.05, 3.63) is 59.9 Å². The van der Waals surface area contributed by atoms with E-state index in [1.807, 2.05) is 25.1 Å². The second-order valence-electron chi connectivity index (χ2n) is 6.65. The van der Waals surface area contributed by atoms with E-state index < -0.39 is 0 Å². The van der Waals surface area contributed by atoms with Gasteiger partial charge < -0.3 is 10.1 Å². The average Bonchev–Trinajstić information content (AvgIpc) is 2.65. The molecule has 1 aliphatic heterocycles. The molecule has 0 aromatic heterocycles. The fraction of sp³-hybridized carbons (Fsp3) is 0.381. The summed E-state index contributed by atoms with van der Waals surface area (Å²) in [5.74, 6) is 0.474. The van der Waals surface area contributed by atoms with Crippen molar-refractivity contribution in [1.29, 1.82) is 0 Å². The zero-order valence-corrected chi connectivity index (χ0v) is 15.7. The molecule has 0 aliphatic carbocycles. The molecule has 1 amide bonds. The molecule has 1 fully saturated rings. The van der Waals surface area contributed by atoms with Gasteiger partial charge in [0.1, 0.15) is 11.6 Å². The fourth-order valence-electron chi connectivity index (χ4n) is 3.25. The van der Waals surface area contributed by atoms with Crippen LogP contribution in [0, 0.1) is 5.82 Å². The van der Waals surface area contributed by atoms with Crippen molar-refractivity contribution in [2.45, 2.75) is 13.5 Å². The van der Waals surface area contributed by atoms with Crippen molar-refractivity contribution >= 4 is 11.6 Å². The number of carbonyl (C=O) groups excluding carboxylic acids is 1. The molecule has 0 atom stereocenters. The van der Waals surface area contributed by atoms with Crippen molar-refractivity contribution in [1.82, 2.24) is 9.80 Å². The van der Waals surface area contributed by atoms with Crippen LogP contribution < -0.4 is 10.1 Å². The number of para-hydroxylation sites is 1. The van der Waals surface area contributed by atoms with Crippen LogP contribution in [-0.2, 0) is 11.3 Å². The molecule has 3 rings (SSSR count). The van der Waals surface area contributed by atoms with E-state index in [2.05, 4.69) is 21.2 Å². The molecular weight excluding hydrogens is 345 g/mol. The van der Waals surface area contributed by atoms with E-state index in [0.717, 1.165) is 38.5 Å². The molecule has 5 nitrogen and oxygen atoms in total. The van der Waals surface area contributed by atoms with Crippen LogP contribution in [0.25, 0.3) is 0 Å². The van der Waals surface area contributed by atoms with Gasteiger partial charge >= 0.3 is 0 Å². The lowest BCUT2D eigenvalue weighted by Gasteiger charge is -2.34.